The van der Waals surface area contributed by atoms with Gasteiger partial charge in [0.25, 0.3) is 0 Å². The number of halogens is 2. The summed E-state index contributed by atoms with van der Waals surface area (Å²) < 4.78 is 3.93. The number of hydrogen-bond acceptors (Lipinski definition) is 2. The zero-order valence-corrected chi connectivity index (χ0v) is 18.6. The Hall–Kier alpha value is 0.0443. The van der Waals surface area contributed by atoms with Crippen LogP contribution in [-0.2, 0) is 10.4 Å². The molecule has 0 saturated heterocycles. The summed E-state index contributed by atoms with van der Waals surface area (Å²) in [6, 6.07) is 8.23. The van der Waals surface area contributed by atoms with E-state index in [1.165, 1.54) is 0 Å². The molecule has 0 aliphatic heterocycles. The molecule has 0 bridgehead atoms. The molecule has 0 aromatic heterocycles. The van der Waals surface area contributed by atoms with Gasteiger partial charge in [0.2, 0.25) is 0 Å². The van der Waals surface area contributed by atoms with Crippen LogP contribution in [0.4, 0.5) is 0 Å². The van der Waals surface area contributed by atoms with Crippen molar-refractivity contribution in [3.63, 3.8) is 0 Å². The van der Waals surface area contributed by atoms with Crippen LogP contribution in [0, 0.1) is 0 Å². The van der Waals surface area contributed by atoms with E-state index in [0.29, 0.717) is 11.1 Å². The minimum atomic E-state index is -5.62. The summed E-state index contributed by atoms with van der Waals surface area (Å²) in [7, 11) is 9.71. The van der Waals surface area contributed by atoms with E-state index in [1.807, 2.05) is 17.4 Å². The van der Waals surface area contributed by atoms with Crippen molar-refractivity contribution >= 4 is 29.5 Å². The summed E-state index contributed by atoms with van der Waals surface area (Å²) in [6.45, 7) is 8.31. The molecule has 2 rings (SSSR count). The summed E-state index contributed by atoms with van der Waals surface area (Å²) in [4.78, 5) is 4.67. The van der Waals surface area contributed by atoms with Gasteiger partial charge in [0, 0.05) is 0 Å². The summed E-state index contributed by atoms with van der Waals surface area (Å²) in [5, 5.41) is 11.5. The quantitative estimate of drug-likeness (QED) is 0.604. The van der Waals surface area contributed by atoms with E-state index >= 15 is 0 Å². The summed E-state index contributed by atoms with van der Waals surface area (Å²) in [6.07, 6.45) is 2.67. The predicted molar refractivity (Wildman–Crippen MR) is 107 cm³/mol. The molecule has 1 aliphatic carbocycles. The van der Waals surface area contributed by atoms with Crippen molar-refractivity contribution in [3.05, 3.63) is 41.0 Å². The number of fused-ring (bicyclic) bond motifs is 1. The Morgan fingerprint density at radius 2 is 1.83 bits per heavy atom. The van der Waals surface area contributed by atoms with Gasteiger partial charge >= 0.3 is 150 Å². The van der Waals surface area contributed by atoms with Gasteiger partial charge in [-0.05, 0) is 0 Å². The normalized spacial score (nSPS) is 22.8. The Kier molecular flexibility index (Phi) is 4.12. The van der Waals surface area contributed by atoms with Gasteiger partial charge in [-0.2, -0.15) is 0 Å². The fourth-order valence-corrected chi connectivity index (χ4v) is 23.5. The van der Waals surface area contributed by atoms with E-state index in [2.05, 4.69) is 54.5 Å². The van der Waals surface area contributed by atoms with Crippen molar-refractivity contribution < 1.29 is 15.5 Å². The second-order valence-corrected chi connectivity index (χ2v) is 37.1. The SMILES string of the molecule is [CH2]=[Ti]([CH3])([Cl])([Cl])([CH2]CCO)([NH]C(C)(C)C)[CH]1C(C)=Cc2ccccc21. The zero-order chi connectivity index (χ0) is 18.6. The van der Waals surface area contributed by atoms with E-state index in [9.17, 15) is 5.11 Å². The fraction of sp³-hybridized carbons (Fsp3) is 0.526. The molecule has 0 saturated carbocycles. The number of aliphatic hydroxyl groups is 1. The molecular weight excluding hydrogens is 377 g/mol. The number of nitrogens with one attached hydrogen (secondary N) is 1. The average Bonchev–Trinajstić information content (AvgIpc) is 2.70. The second-order valence-electron chi connectivity index (χ2n) is 9.95. The first-order valence-electron chi connectivity index (χ1n) is 8.67. The molecule has 1 atom stereocenters. The van der Waals surface area contributed by atoms with Crippen LogP contribution in [0.15, 0.2) is 29.8 Å². The molecule has 1 unspecified atom stereocenters. The molecule has 2 N–H and O–H groups in total. The van der Waals surface area contributed by atoms with E-state index in [0.717, 1.165) is 16.7 Å². The third-order valence-electron chi connectivity index (χ3n) is 5.27. The monoisotopic (exact) mass is 407 g/mol. The van der Waals surface area contributed by atoms with Crippen LogP contribution in [0.5, 0.6) is 0 Å². The fourth-order valence-electron chi connectivity index (χ4n) is 5.27. The second kappa shape index (κ2) is 4.85. The molecule has 1 aliphatic rings. The molecule has 0 spiro atoms. The van der Waals surface area contributed by atoms with Crippen molar-refractivity contribution in [2.75, 3.05) is 6.61 Å². The topological polar surface area (TPSA) is 32.3 Å². The Bertz CT molecular complexity index is 825. The van der Waals surface area contributed by atoms with Gasteiger partial charge in [-0.3, -0.25) is 0 Å². The van der Waals surface area contributed by atoms with Crippen LogP contribution in [0.2, 0.25) is 9.95 Å². The third kappa shape index (κ3) is 3.60. The van der Waals surface area contributed by atoms with Gasteiger partial charge in [-0.25, -0.2) is 0 Å². The van der Waals surface area contributed by atoms with Crippen LogP contribution in [0.3, 0.4) is 0 Å². The molecule has 2 nitrogen and oxygen atoms in total. The molecule has 136 valence electrons. The van der Waals surface area contributed by atoms with Crippen LogP contribution in [0.1, 0.15) is 49.5 Å². The molecular formula is C19H31Cl2NOTi. The van der Waals surface area contributed by atoms with Gasteiger partial charge in [0.1, 0.15) is 0 Å². The first-order valence-corrected chi connectivity index (χ1v) is 18.4. The number of aliphatic hydroxyl groups excluding tert-OH is 1. The Balaban J connectivity index is 2.84. The maximum absolute atomic E-state index is 9.52. The Morgan fingerprint density at radius 3 is 2.38 bits per heavy atom. The molecule has 0 fully saturated rings. The van der Waals surface area contributed by atoms with Gasteiger partial charge in [0.05, 0.1) is 0 Å². The number of benzene rings is 1. The molecule has 24 heavy (non-hydrogen) atoms. The van der Waals surface area contributed by atoms with E-state index in [-0.39, 0.29) is 16.4 Å². The molecule has 0 amide bonds. The predicted octanol–water partition coefficient (Wildman–Crippen LogP) is 5.80. The summed E-state index contributed by atoms with van der Waals surface area (Å²) in [5.41, 5.74) is 3.09. The Morgan fingerprint density at radius 1 is 1.25 bits per heavy atom. The van der Waals surface area contributed by atoms with Crippen molar-refractivity contribution in [1.82, 2.24) is 3.80 Å². The molecule has 5 heteroatoms. The van der Waals surface area contributed by atoms with E-state index < -0.39 is 10.4 Å². The number of allylic oxidation sites excluding steroid dienone is 1. The number of rotatable bonds is 5. The van der Waals surface area contributed by atoms with Crippen molar-refractivity contribution in [3.8, 4) is 0 Å². The average molecular weight is 408 g/mol. The summed E-state index contributed by atoms with van der Waals surface area (Å²) in [5.74, 6) is 0. The standard InChI is InChI=1S/C10H9.C4H10N.C3H7O.CH3.CH2.2ClH.Ti/c1-8-6-9-4-2-3-5-10(9)7-8;1-4(2,3)5;1-2-3-4;;;;;/h2-7H,1H3;5H,1-3H3;4H,1-3H2;1H3;1H2;2*1H;/q;-1;;;;;;+3/p-2. The van der Waals surface area contributed by atoms with Crippen LogP contribution in [0.25, 0.3) is 6.08 Å². The summed E-state index contributed by atoms with van der Waals surface area (Å²) >= 11 is 0. The van der Waals surface area contributed by atoms with Gasteiger partial charge in [-0.1, -0.05) is 0 Å². The van der Waals surface area contributed by atoms with Crippen LogP contribution >= 0.6 is 18.6 Å². The zero-order valence-electron chi connectivity index (χ0n) is 15.5. The Labute approximate surface area is 149 Å². The first-order chi connectivity index (χ1) is 10.5. The molecule has 1 aromatic rings. The van der Waals surface area contributed by atoms with E-state index in [4.69, 9.17) is 18.6 Å². The van der Waals surface area contributed by atoms with Crippen molar-refractivity contribution in [2.24, 2.45) is 0 Å². The third-order valence-corrected chi connectivity index (χ3v) is 19.9. The van der Waals surface area contributed by atoms with Gasteiger partial charge in [-0.15, -0.1) is 0 Å². The molecule has 1 aromatic carbocycles. The first kappa shape index (κ1) is 20.4. The van der Waals surface area contributed by atoms with Crippen molar-refractivity contribution in [2.45, 2.75) is 53.8 Å². The molecule has 0 radical (unpaired) electrons. The van der Waals surface area contributed by atoms with Crippen LogP contribution < -0.4 is 3.80 Å². The van der Waals surface area contributed by atoms with Gasteiger partial charge < -0.3 is 0 Å². The number of hydrogen-bond donors (Lipinski definition) is 2. The van der Waals surface area contributed by atoms with E-state index in [1.54, 1.807) is 0 Å². The maximum atomic E-state index is 9.52. The van der Waals surface area contributed by atoms with Crippen molar-refractivity contribution in [1.29, 1.82) is 0 Å². The molecule has 0 heterocycles. The van der Waals surface area contributed by atoms with Gasteiger partial charge in [0.15, 0.2) is 0 Å². The van der Waals surface area contributed by atoms with Crippen LogP contribution in [-0.4, -0.2) is 22.1 Å². The minimum absolute atomic E-state index is 0.0399.